The molecule has 0 aliphatic carbocycles. The van der Waals surface area contributed by atoms with Gasteiger partial charge >= 0.3 is 0 Å². The van der Waals surface area contributed by atoms with Crippen LogP contribution < -0.4 is 5.32 Å². The maximum absolute atomic E-state index is 12.3. The van der Waals surface area contributed by atoms with Crippen molar-refractivity contribution in [1.29, 1.82) is 0 Å². The van der Waals surface area contributed by atoms with Crippen LogP contribution in [0.5, 0.6) is 0 Å². The predicted octanol–water partition coefficient (Wildman–Crippen LogP) is 11.8. The SMILES string of the molecule is CCCCCCC/C=C\C/C=C\C/C=C\CCCCCCCCCCC(=O)NC(CO)C(O)CCCCCCCCCCCC. The number of aliphatic hydroxyl groups is 2. The van der Waals surface area contributed by atoms with Gasteiger partial charge in [0.15, 0.2) is 0 Å². The Morgan fingerprint density at radius 1 is 0.533 bits per heavy atom. The Kier molecular flexibility index (Phi) is 35.9. The van der Waals surface area contributed by atoms with Gasteiger partial charge in [0.1, 0.15) is 0 Å². The molecule has 2 atom stereocenters. The van der Waals surface area contributed by atoms with Crippen LogP contribution in [0, 0.1) is 0 Å². The minimum atomic E-state index is -0.660. The van der Waals surface area contributed by atoms with Crippen molar-refractivity contribution in [2.24, 2.45) is 0 Å². The lowest BCUT2D eigenvalue weighted by molar-refractivity contribution is -0.123. The predicted molar refractivity (Wildman–Crippen MR) is 198 cm³/mol. The summed E-state index contributed by atoms with van der Waals surface area (Å²) in [7, 11) is 0. The van der Waals surface area contributed by atoms with E-state index in [2.05, 4.69) is 55.6 Å². The standard InChI is InChI=1S/C41H77NO3/c1-3-5-7-9-11-13-15-16-17-18-19-20-21-22-23-24-25-26-27-29-31-33-35-37-41(45)42-39(38-43)40(44)36-34-32-30-28-14-12-10-8-6-4-2/h15-16,18-19,21-22,39-40,43-44H,3-14,17,20,23-38H2,1-2H3,(H,42,45)/b16-15-,19-18-,22-21-. The van der Waals surface area contributed by atoms with Gasteiger partial charge in [0, 0.05) is 6.42 Å². The topological polar surface area (TPSA) is 69.6 Å². The molecule has 3 N–H and O–H groups in total. The summed E-state index contributed by atoms with van der Waals surface area (Å²) in [6.45, 7) is 4.32. The van der Waals surface area contributed by atoms with Gasteiger partial charge in [-0.3, -0.25) is 4.79 Å². The molecule has 0 aliphatic heterocycles. The minimum absolute atomic E-state index is 0.0416. The highest BCUT2D eigenvalue weighted by molar-refractivity contribution is 5.76. The molecular weight excluding hydrogens is 554 g/mol. The number of unbranched alkanes of at least 4 members (excludes halogenated alkanes) is 22. The molecule has 0 heterocycles. The molecule has 2 unspecified atom stereocenters. The second-order valence-electron chi connectivity index (χ2n) is 13.4. The van der Waals surface area contributed by atoms with Gasteiger partial charge in [-0.25, -0.2) is 0 Å². The average Bonchev–Trinajstić information content (AvgIpc) is 3.04. The molecule has 0 bridgehead atoms. The number of hydrogen-bond acceptors (Lipinski definition) is 3. The van der Waals surface area contributed by atoms with Crippen LogP contribution in [0.25, 0.3) is 0 Å². The molecule has 0 radical (unpaired) electrons. The molecule has 45 heavy (non-hydrogen) atoms. The maximum Gasteiger partial charge on any atom is 0.220 e. The highest BCUT2D eigenvalue weighted by Crippen LogP contribution is 2.14. The van der Waals surface area contributed by atoms with Crippen molar-refractivity contribution in [2.75, 3.05) is 6.61 Å². The van der Waals surface area contributed by atoms with E-state index in [0.29, 0.717) is 12.8 Å². The first-order valence-electron chi connectivity index (χ1n) is 19.7. The van der Waals surface area contributed by atoms with E-state index in [-0.39, 0.29) is 12.5 Å². The summed E-state index contributed by atoms with van der Waals surface area (Å²) >= 11 is 0. The third kappa shape index (κ3) is 33.8. The summed E-state index contributed by atoms with van der Waals surface area (Å²) in [6.07, 6.45) is 47.8. The fourth-order valence-corrected chi connectivity index (χ4v) is 5.84. The van der Waals surface area contributed by atoms with Crippen molar-refractivity contribution < 1.29 is 15.0 Å². The van der Waals surface area contributed by atoms with Gasteiger partial charge in [-0.1, -0.05) is 179 Å². The lowest BCUT2D eigenvalue weighted by atomic mass is 10.0. The Labute approximate surface area is 281 Å². The van der Waals surface area contributed by atoms with Crippen molar-refractivity contribution in [3.05, 3.63) is 36.5 Å². The highest BCUT2D eigenvalue weighted by atomic mass is 16.3. The van der Waals surface area contributed by atoms with E-state index in [1.54, 1.807) is 0 Å². The smallest absolute Gasteiger partial charge is 0.220 e. The van der Waals surface area contributed by atoms with E-state index in [0.717, 1.165) is 38.5 Å². The quantitative estimate of drug-likeness (QED) is 0.0481. The molecular formula is C41H77NO3. The van der Waals surface area contributed by atoms with Crippen LogP contribution in [0.4, 0.5) is 0 Å². The van der Waals surface area contributed by atoms with Crippen LogP contribution in [0.15, 0.2) is 36.5 Å². The molecule has 0 aromatic rings. The average molecular weight is 632 g/mol. The number of aliphatic hydroxyl groups excluding tert-OH is 2. The number of nitrogens with one attached hydrogen (secondary N) is 1. The van der Waals surface area contributed by atoms with E-state index in [1.165, 1.54) is 135 Å². The summed E-state index contributed by atoms with van der Waals surface area (Å²) in [5.41, 5.74) is 0. The zero-order chi connectivity index (χ0) is 32.9. The minimum Gasteiger partial charge on any atom is -0.394 e. The van der Waals surface area contributed by atoms with Crippen molar-refractivity contribution in [2.45, 2.75) is 212 Å². The van der Waals surface area contributed by atoms with Crippen LogP contribution in [-0.4, -0.2) is 34.9 Å². The Balaban J connectivity index is 3.56. The highest BCUT2D eigenvalue weighted by Gasteiger charge is 2.19. The van der Waals surface area contributed by atoms with Crippen molar-refractivity contribution in [3.8, 4) is 0 Å². The van der Waals surface area contributed by atoms with Crippen LogP contribution in [-0.2, 0) is 4.79 Å². The molecule has 264 valence electrons. The van der Waals surface area contributed by atoms with Crippen molar-refractivity contribution >= 4 is 5.91 Å². The number of carbonyl (C=O) groups excluding carboxylic acids is 1. The Morgan fingerprint density at radius 2 is 0.911 bits per heavy atom. The molecule has 4 nitrogen and oxygen atoms in total. The zero-order valence-electron chi connectivity index (χ0n) is 30.1. The first kappa shape index (κ1) is 43.6. The lowest BCUT2D eigenvalue weighted by Crippen LogP contribution is -2.45. The van der Waals surface area contributed by atoms with E-state index < -0.39 is 12.1 Å². The van der Waals surface area contributed by atoms with Crippen LogP contribution in [0.2, 0.25) is 0 Å². The Morgan fingerprint density at radius 3 is 1.36 bits per heavy atom. The number of amides is 1. The number of carbonyl (C=O) groups is 1. The van der Waals surface area contributed by atoms with Gasteiger partial charge in [-0.2, -0.15) is 0 Å². The van der Waals surface area contributed by atoms with Crippen molar-refractivity contribution in [3.63, 3.8) is 0 Å². The van der Waals surface area contributed by atoms with E-state index in [1.807, 2.05) is 0 Å². The normalized spacial score (nSPS) is 13.4. The molecule has 0 spiro atoms. The summed E-state index contributed by atoms with van der Waals surface area (Å²) < 4.78 is 0. The van der Waals surface area contributed by atoms with Crippen LogP contribution in [0.3, 0.4) is 0 Å². The molecule has 0 aromatic carbocycles. The van der Waals surface area contributed by atoms with Crippen LogP contribution >= 0.6 is 0 Å². The van der Waals surface area contributed by atoms with Crippen LogP contribution in [0.1, 0.15) is 200 Å². The molecule has 4 heteroatoms. The zero-order valence-corrected chi connectivity index (χ0v) is 30.1. The molecule has 1 amide bonds. The summed E-state index contributed by atoms with van der Waals surface area (Å²) in [6, 6.07) is -0.538. The second kappa shape index (κ2) is 37.1. The third-order valence-electron chi connectivity index (χ3n) is 8.90. The Bertz CT molecular complexity index is 686. The monoisotopic (exact) mass is 632 g/mol. The first-order valence-corrected chi connectivity index (χ1v) is 19.7. The third-order valence-corrected chi connectivity index (χ3v) is 8.90. The van der Waals surface area contributed by atoms with Gasteiger partial charge in [0.2, 0.25) is 5.91 Å². The number of rotatable bonds is 35. The van der Waals surface area contributed by atoms with Gasteiger partial charge < -0.3 is 15.5 Å². The summed E-state index contributed by atoms with van der Waals surface area (Å²) in [5.74, 6) is -0.0416. The summed E-state index contributed by atoms with van der Waals surface area (Å²) in [4.78, 5) is 12.3. The first-order chi connectivity index (χ1) is 22.2. The molecule has 0 fully saturated rings. The lowest BCUT2D eigenvalue weighted by Gasteiger charge is -2.22. The summed E-state index contributed by atoms with van der Waals surface area (Å²) in [5, 5.41) is 23.0. The van der Waals surface area contributed by atoms with E-state index >= 15 is 0 Å². The van der Waals surface area contributed by atoms with Gasteiger partial charge in [0.25, 0.3) is 0 Å². The van der Waals surface area contributed by atoms with Gasteiger partial charge in [-0.15, -0.1) is 0 Å². The molecule has 0 aliphatic rings. The van der Waals surface area contributed by atoms with E-state index in [4.69, 9.17) is 0 Å². The molecule has 0 aromatic heterocycles. The van der Waals surface area contributed by atoms with Gasteiger partial charge in [-0.05, 0) is 51.4 Å². The fraction of sp³-hybridized carbons (Fsp3) is 0.829. The number of hydrogen-bond donors (Lipinski definition) is 3. The fourth-order valence-electron chi connectivity index (χ4n) is 5.84. The number of allylic oxidation sites excluding steroid dienone is 6. The second-order valence-corrected chi connectivity index (χ2v) is 13.4. The van der Waals surface area contributed by atoms with E-state index in [9.17, 15) is 15.0 Å². The molecule has 0 rings (SSSR count). The Hall–Kier alpha value is -1.39. The largest absolute Gasteiger partial charge is 0.394 e. The molecule has 0 saturated heterocycles. The van der Waals surface area contributed by atoms with Crippen molar-refractivity contribution in [1.82, 2.24) is 5.32 Å². The van der Waals surface area contributed by atoms with Gasteiger partial charge in [0.05, 0.1) is 18.8 Å². The molecule has 0 saturated carbocycles. The maximum atomic E-state index is 12.3.